The first-order chi connectivity index (χ1) is 13.6. The lowest BCUT2D eigenvalue weighted by molar-refractivity contribution is 0.988. The van der Waals surface area contributed by atoms with Crippen molar-refractivity contribution in [2.24, 2.45) is 0 Å². The van der Waals surface area contributed by atoms with Gasteiger partial charge in [0.1, 0.15) is 0 Å². The Bertz CT molecular complexity index is 884. The molecule has 12 heteroatoms. The highest BCUT2D eigenvalue weighted by molar-refractivity contribution is 4.81. The van der Waals surface area contributed by atoms with Crippen molar-refractivity contribution in [2.75, 3.05) is 0 Å². The number of aromatic nitrogens is 8. The van der Waals surface area contributed by atoms with Crippen molar-refractivity contribution in [3.05, 3.63) is 116 Å². The van der Waals surface area contributed by atoms with Crippen LogP contribution in [0.4, 0.5) is 0 Å². The molecule has 0 fully saturated rings. The van der Waals surface area contributed by atoms with E-state index in [2.05, 4.69) is 40.1 Å². The highest BCUT2D eigenvalue weighted by Gasteiger charge is 1.72. The van der Waals surface area contributed by atoms with Gasteiger partial charge >= 0.3 is 5.69 Å². The van der Waals surface area contributed by atoms with Gasteiger partial charge in [-0.1, -0.05) is 0 Å². The molecule has 4 N–H and O–H groups in total. The summed E-state index contributed by atoms with van der Waals surface area (Å²) in [6, 6.07) is 6.01. The summed E-state index contributed by atoms with van der Waals surface area (Å²) in [6.45, 7) is 0. The van der Waals surface area contributed by atoms with Crippen molar-refractivity contribution in [3.8, 4) is 0 Å². The predicted molar refractivity (Wildman–Crippen MR) is 99.4 cm³/mol. The van der Waals surface area contributed by atoms with Gasteiger partial charge in [0, 0.05) is 49.3 Å². The van der Waals surface area contributed by atoms with Crippen LogP contribution in [0.2, 0.25) is 0 Å². The summed E-state index contributed by atoms with van der Waals surface area (Å²) in [4.78, 5) is 58.2. The van der Waals surface area contributed by atoms with Crippen LogP contribution in [0.5, 0.6) is 0 Å². The second-order valence-electron chi connectivity index (χ2n) is 4.41. The SMILES string of the molecule is O=c1cccn[nH]1.O=c1ccnc[nH]1.O=c1cncc[nH]1.O=c1nccc[nH]1. The summed E-state index contributed by atoms with van der Waals surface area (Å²) in [5.74, 6) is 0. The van der Waals surface area contributed by atoms with E-state index in [1.807, 2.05) is 0 Å². The lowest BCUT2D eigenvalue weighted by Crippen LogP contribution is -2.05. The molecule has 4 aromatic rings. The predicted octanol–water partition coefficient (Wildman–Crippen LogP) is -0.920. The molecule has 0 saturated carbocycles. The van der Waals surface area contributed by atoms with E-state index in [-0.39, 0.29) is 22.4 Å². The van der Waals surface area contributed by atoms with E-state index in [9.17, 15) is 19.2 Å². The minimum Gasteiger partial charge on any atom is -0.326 e. The zero-order valence-corrected chi connectivity index (χ0v) is 14.4. The molecule has 0 aliphatic rings. The van der Waals surface area contributed by atoms with Crippen molar-refractivity contribution < 1.29 is 0 Å². The maximum Gasteiger partial charge on any atom is 0.344 e. The van der Waals surface area contributed by atoms with Crippen LogP contribution in [-0.4, -0.2) is 40.1 Å². The van der Waals surface area contributed by atoms with Gasteiger partial charge in [-0.05, 0) is 12.1 Å². The fourth-order valence-electron chi connectivity index (χ4n) is 1.24. The molecular weight excluding hydrogens is 368 g/mol. The second-order valence-corrected chi connectivity index (χ2v) is 4.41. The highest BCUT2D eigenvalue weighted by Crippen LogP contribution is 1.61. The monoisotopic (exact) mass is 384 g/mol. The Morgan fingerprint density at radius 2 is 1.54 bits per heavy atom. The van der Waals surface area contributed by atoms with Crippen molar-refractivity contribution in [2.45, 2.75) is 0 Å². The minimum atomic E-state index is -0.303. The van der Waals surface area contributed by atoms with E-state index >= 15 is 0 Å². The fourth-order valence-corrected chi connectivity index (χ4v) is 1.24. The van der Waals surface area contributed by atoms with Gasteiger partial charge in [-0.25, -0.2) is 19.9 Å². The van der Waals surface area contributed by atoms with Gasteiger partial charge in [0.15, 0.2) is 0 Å². The van der Waals surface area contributed by atoms with Crippen LogP contribution in [0.1, 0.15) is 0 Å². The number of aromatic amines is 4. The molecule has 4 aromatic heterocycles. The van der Waals surface area contributed by atoms with Crippen molar-refractivity contribution in [3.63, 3.8) is 0 Å². The molecule has 0 aliphatic heterocycles. The molecule has 0 aliphatic carbocycles. The minimum absolute atomic E-state index is 0.116. The maximum absolute atomic E-state index is 10.2. The van der Waals surface area contributed by atoms with Gasteiger partial charge in [-0.3, -0.25) is 19.4 Å². The van der Waals surface area contributed by atoms with E-state index in [0.29, 0.717) is 0 Å². The molecule has 0 atom stereocenters. The van der Waals surface area contributed by atoms with Crippen molar-refractivity contribution in [1.82, 2.24) is 40.1 Å². The molecule has 0 aromatic carbocycles. The normalized spacial score (nSPS) is 8.57. The summed E-state index contributed by atoms with van der Waals surface area (Å²) in [6.07, 6.45) is 11.5. The molecule has 0 spiro atoms. The third-order valence-electron chi connectivity index (χ3n) is 2.34. The average Bonchev–Trinajstić information content (AvgIpc) is 2.72. The van der Waals surface area contributed by atoms with Crippen LogP contribution in [0.15, 0.2) is 93.1 Å². The Balaban J connectivity index is 0.000000187. The summed E-state index contributed by atoms with van der Waals surface area (Å²) >= 11 is 0. The smallest absolute Gasteiger partial charge is 0.326 e. The van der Waals surface area contributed by atoms with Crippen LogP contribution in [0.3, 0.4) is 0 Å². The Kier molecular flexibility index (Phi) is 10.6. The summed E-state index contributed by atoms with van der Waals surface area (Å²) < 4.78 is 0. The first kappa shape index (κ1) is 21.6. The number of hydrogen-bond acceptors (Lipinski definition) is 8. The standard InChI is InChI=1S/4C4H4N2O/c7-4-3-5-1-2-6-4;7-4-1-2-5-3-6-4;7-4-5-2-1-3-6-4;7-4-2-1-3-5-6-4/h1-3H,(H,6,7);2*1-3H,(H,5,6,7);1-3H,(H,6,7). The maximum atomic E-state index is 10.2. The third-order valence-corrected chi connectivity index (χ3v) is 2.34. The summed E-state index contributed by atoms with van der Waals surface area (Å²) in [5.41, 5.74) is -0.748. The first-order valence-corrected chi connectivity index (χ1v) is 7.54. The molecular formula is C16H16N8O4. The molecule has 144 valence electrons. The van der Waals surface area contributed by atoms with Crippen LogP contribution < -0.4 is 22.4 Å². The quantitative estimate of drug-likeness (QED) is 0.300. The number of nitrogens with one attached hydrogen (secondary N) is 4. The molecule has 0 bridgehead atoms. The van der Waals surface area contributed by atoms with Crippen molar-refractivity contribution in [1.29, 1.82) is 0 Å². The zero-order valence-electron chi connectivity index (χ0n) is 14.4. The Morgan fingerprint density at radius 3 is 1.82 bits per heavy atom. The van der Waals surface area contributed by atoms with E-state index < -0.39 is 0 Å². The molecule has 0 saturated heterocycles. The zero-order chi connectivity index (χ0) is 20.5. The van der Waals surface area contributed by atoms with Gasteiger partial charge in [0.05, 0.1) is 12.5 Å². The van der Waals surface area contributed by atoms with Crippen molar-refractivity contribution >= 4 is 0 Å². The molecule has 28 heavy (non-hydrogen) atoms. The van der Waals surface area contributed by atoms with Gasteiger partial charge in [-0.2, -0.15) is 5.10 Å². The molecule has 0 radical (unpaired) electrons. The highest BCUT2D eigenvalue weighted by atomic mass is 16.1. The topological polar surface area (TPSA) is 183 Å². The molecule has 0 unspecified atom stereocenters. The van der Waals surface area contributed by atoms with Crippen LogP contribution in [-0.2, 0) is 0 Å². The molecule has 0 amide bonds. The molecule has 4 heterocycles. The van der Waals surface area contributed by atoms with E-state index in [1.54, 1.807) is 12.1 Å². The van der Waals surface area contributed by atoms with Gasteiger partial charge in [0.25, 0.3) is 16.7 Å². The van der Waals surface area contributed by atoms with Gasteiger partial charge in [-0.15, -0.1) is 0 Å². The largest absolute Gasteiger partial charge is 0.344 e. The van der Waals surface area contributed by atoms with Crippen LogP contribution in [0.25, 0.3) is 0 Å². The fraction of sp³-hybridized carbons (Fsp3) is 0. The van der Waals surface area contributed by atoms with E-state index in [4.69, 9.17) is 0 Å². The molecule has 4 rings (SSSR count). The van der Waals surface area contributed by atoms with E-state index in [0.717, 1.165) is 0 Å². The van der Waals surface area contributed by atoms with E-state index in [1.165, 1.54) is 61.8 Å². The number of hydrogen-bond donors (Lipinski definition) is 4. The Morgan fingerprint density at radius 1 is 0.679 bits per heavy atom. The molecule has 12 nitrogen and oxygen atoms in total. The number of H-pyrrole nitrogens is 4. The summed E-state index contributed by atoms with van der Waals surface area (Å²) in [7, 11) is 0. The van der Waals surface area contributed by atoms with Crippen LogP contribution >= 0.6 is 0 Å². The van der Waals surface area contributed by atoms with Gasteiger partial charge in [0.2, 0.25) is 0 Å². The summed E-state index contributed by atoms with van der Waals surface area (Å²) in [5, 5.41) is 5.67. The Hall–Kier alpha value is -4.48. The third kappa shape index (κ3) is 12.0. The van der Waals surface area contributed by atoms with Gasteiger partial charge < -0.3 is 15.0 Å². The van der Waals surface area contributed by atoms with Crippen LogP contribution in [0, 0.1) is 0 Å². The average molecular weight is 384 g/mol. The number of rotatable bonds is 0. The second kappa shape index (κ2) is 13.8. The Labute approximate surface area is 156 Å². The lowest BCUT2D eigenvalue weighted by Gasteiger charge is -1.73. The number of nitrogens with zero attached hydrogens (tertiary/aromatic N) is 4. The first-order valence-electron chi connectivity index (χ1n) is 7.54. The lowest BCUT2D eigenvalue weighted by atomic mass is 10.6.